The van der Waals surface area contributed by atoms with E-state index in [1.807, 2.05) is 0 Å². The molecule has 4 heterocycles. The quantitative estimate of drug-likeness (QED) is 0.290. The van der Waals surface area contributed by atoms with Crippen LogP contribution < -0.4 is 17.7 Å². The molecule has 0 saturated carbocycles. The zero-order valence-corrected chi connectivity index (χ0v) is 28.1. The van der Waals surface area contributed by atoms with E-state index in [2.05, 4.69) is 19.9 Å². The number of aromatic nitrogens is 4. The van der Waals surface area contributed by atoms with E-state index in [0.29, 0.717) is 41.9 Å². The second-order valence-electron chi connectivity index (χ2n) is 8.96. The third-order valence-electron chi connectivity index (χ3n) is 5.08. The number of pyridine rings is 2. The fraction of sp³-hybridized carbons (Fsp3) is 0.308. The summed E-state index contributed by atoms with van der Waals surface area (Å²) < 4.78 is 70.2. The highest BCUT2D eigenvalue weighted by atomic mass is 35.5. The molecule has 0 unspecified atom stereocenters. The Hall–Kier alpha value is -3.09. The highest BCUT2D eigenvalue weighted by molar-refractivity contribution is 7.17. The molecule has 9 nitrogen and oxygen atoms in total. The van der Waals surface area contributed by atoms with Gasteiger partial charge >= 0.3 is 18.3 Å². The van der Waals surface area contributed by atoms with Gasteiger partial charge in [-0.15, -0.1) is 22.7 Å². The van der Waals surface area contributed by atoms with Gasteiger partial charge in [0.25, 0.3) is 5.91 Å². The molecule has 20 heteroatoms. The minimum absolute atomic E-state index is 0. The summed E-state index contributed by atoms with van der Waals surface area (Å²) in [6.45, 7) is 1.15. The molecule has 4 aromatic rings. The number of thiazole rings is 2. The number of carboxylic acid groups (broad SMARTS) is 1. The Balaban J connectivity index is 0.000000386. The topological polar surface area (TPSA) is 126 Å². The van der Waals surface area contributed by atoms with E-state index in [1.54, 1.807) is 32.2 Å². The van der Waals surface area contributed by atoms with Crippen LogP contribution in [0, 0.1) is 13.8 Å². The summed E-state index contributed by atoms with van der Waals surface area (Å²) in [5.74, 6) is -1.68. The average Bonchev–Trinajstić information content (AvgIpc) is 3.50. The zero-order valence-electron chi connectivity index (χ0n) is 24.2. The first-order valence-electron chi connectivity index (χ1n) is 12.4. The molecule has 1 amide bonds. The van der Waals surface area contributed by atoms with E-state index in [1.165, 1.54) is 25.6 Å². The zero-order chi connectivity index (χ0) is 34.1. The summed E-state index contributed by atoms with van der Waals surface area (Å²) in [6, 6.07) is 3.33. The summed E-state index contributed by atoms with van der Waals surface area (Å²) in [6.07, 6.45) is -2.34. The summed E-state index contributed by atoms with van der Waals surface area (Å²) in [7, 11) is 2.49. The Morgan fingerprint density at radius 1 is 0.848 bits per heavy atom. The number of halogens is 9. The van der Waals surface area contributed by atoms with Gasteiger partial charge in [-0.25, -0.2) is 14.8 Å². The predicted molar refractivity (Wildman–Crippen MR) is 159 cm³/mol. The van der Waals surface area contributed by atoms with E-state index in [4.69, 9.17) is 28.3 Å². The van der Waals surface area contributed by atoms with Crippen molar-refractivity contribution in [1.82, 2.24) is 24.8 Å². The number of nitrogens with zero attached hydrogens (tertiary/aromatic N) is 5. The molecular weight excluding hydrogens is 729 g/mol. The van der Waals surface area contributed by atoms with Crippen LogP contribution in [-0.2, 0) is 0 Å². The number of aromatic carboxylic acids is 1. The van der Waals surface area contributed by atoms with Crippen molar-refractivity contribution in [3.8, 4) is 21.1 Å². The SMILES string of the molecule is C[NH2+]CC(F)(F)F.Cc1nc(-c2cncc(Cl)c2)sc1C(=O)N(C)CC(F)(F)F.Cc1nc(-c2cncc(Cl)c2)sc1C(=O)O.[Cl-]. The Bertz CT molecular complexity index is 1620. The second-order valence-corrected chi connectivity index (χ2v) is 11.8. The van der Waals surface area contributed by atoms with Gasteiger partial charge in [0.15, 0.2) is 6.54 Å². The van der Waals surface area contributed by atoms with Crippen LogP contribution in [0.2, 0.25) is 10.0 Å². The average molecular weight is 754 g/mol. The molecule has 0 spiro atoms. The van der Waals surface area contributed by atoms with Crippen LogP contribution in [0.15, 0.2) is 36.9 Å². The Morgan fingerprint density at radius 3 is 1.61 bits per heavy atom. The lowest BCUT2D eigenvalue weighted by molar-refractivity contribution is -0.650. The lowest BCUT2D eigenvalue weighted by Gasteiger charge is -2.18. The minimum atomic E-state index is -4.44. The molecule has 252 valence electrons. The van der Waals surface area contributed by atoms with E-state index >= 15 is 0 Å². The Kier molecular flexibility index (Phi) is 15.8. The first-order valence-corrected chi connectivity index (χ1v) is 14.8. The van der Waals surface area contributed by atoms with Gasteiger partial charge < -0.3 is 27.7 Å². The largest absolute Gasteiger partial charge is 1.00 e. The first kappa shape index (κ1) is 40.9. The van der Waals surface area contributed by atoms with Gasteiger partial charge in [-0.1, -0.05) is 23.2 Å². The number of carboxylic acids is 1. The number of aryl methyl sites for hydroxylation is 2. The van der Waals surface area contributed by atoms with E-state index < -0.39 is 37.3 Å². The fourth-order valence-corrected chi connectivity index (χ4v) is 5.52. The third kappa shape index (κ3) is 13.3. The smallest absolute Gasteiger partial charge is 0.438 e. The van der Waals surface area contributed by atoms with Crippen molar-refractivity contribution in [1.29, 1.82) is 0 Å². The van der Waals surface area contributed by atoms with Crippen molar-refractivity contribution in [3.63, 3.8) is 0 Å². The van der Waals surface area contributed by atoms with Crippen molar-refractivity contribution in [2.45, 2.75) is 26.2 Å². The molecule has 0 radical (unpaired) electrons. The molecular formula is C26H25Cl3F6N6O3S2. The summed E-state index contributed by atoms with van der Waals surface area (Å²) in [5.41, 5.74) is 2.22. The van der Waals surface area contributed by atoms with Gasteiger partial charge in [0.1, 0.15) is 26.3 Å². The van der Waals surface area contributed by atoms with Crippen molar-refractivity contribution < 1.29 is 58.8 Å². The molecule has 4 aromatic heterocycles. The van der Waals surface area contributed by atoms with Crippen molar-refractivity contribution in [2.75, 3.05) is 27.2 Å². The van der Waals surface area contributed by atoms with Crippen LogP contribution in [0.25, 0.3) is 21.1 Å². The van der Waals surface area contributed by atoms with Gasteiger partial charge in [0.2, 0.25) is 0 Å². The number of carbonyl (C=O) groups is 2. The number of amides is 1. The van der Waals surface area contributed by atoms with Gasteiger partial charge in [-0.05, 0) is 26.0 Å². The van der Waals surface area contributed by atoms with E-state index in [9.17, 15) is 35.9 Å². The normalized spacial score (nSPS) is 11.0. The number of hydrogen-bond acceptors (Lipinski definition) is 8. The standard InChI is InChI=1S/C13H11ClF3N3OS.C10H7ClN2O2S.C3H6F3N.ClH/c1-7-10(12(21)20(2)6-13(15,16)17)22-11(19-7)8-3-9(14)5-18-4-8;1-5-8(10(14)15)16-9(13-5)6-2-7(11)4-12-3-6;1-7-2-3(4,5)6;/h3-5H,6H2,1-2H3;2-4H,1H3,(H,14,15);7H,2H2,1H3;1H. The molecule has 4 rings (SSSR count). The lowest BCUT2D eigenvalue weighted by atomic mass is 10.3. The van der Waals surface area contributed by atoms with Crippen LogP contribution in [-0.4, -0.2) is 81.4 Å². The van der Waals surface area contributed by atoms with Crippen molar-refractivity contribution in [3.05, 3.63) is 68.1 Å². The van der Waals surface area contributed by atoms with Crippen LogP contribution in [0.3, 0.4) is 0 Å². The molecule has 0 aliphatic rings. The Labute approximate surface area is 283 Å². The number of carbonyl (C=O) groups excluding carboxylic acids is 1. The molecule has 3 N–H and O–H groups in total. The van der Waals surface area contributed by atoms with Crippen molar-refractivity contribution >= 4 is 57.8 Å². The molecule has 0 aromatic carbocycles. The van der Waals surface area contributed by atoms with Gasteiger partial charge in [0.05, 0.1) is 28.5 Å². The third-order valence-corrected chi connectivity index (χ3v) is 7.89. The molecule has 0 aliphatic carbocycles. The fourth-order valence-electron chi connectivity index (χ4n) is 3.24. The van der Waals surface area contributed by atoms with E-state index in [0.717, 1.165) is 40.6 Å². The van der Waals surface area contributed by atoms with Crippen LogP contribution >= 0.6 is 45.9 Å². The maximum Gasteiger partial charge on any atom is 0.438 e. The maximum absolute atomic E-state index is 12.4. The lowest BCUT2D eigenvalue weighted by Crippen LogP contribution is -3.00. The summed E-state index contributed by atoms with van der Waals surface area (Å²) in [5, 5.41) is 12.0. The minimum Gasteiger partial charge on any atom is -1.00 e. The van der Waals surface area contributed by atoms with E-state index in [-0.39, 0.29) is 22.2 Å². The van der Waals surface area contributed by atoms with Crippen LogP contribution in [0.5, 0.6) is 0 Å². The van der Waals surface area contributed by atoms with Crippen LogP contribution in [0.1, 0.15) is 30.7 Å². The maximum atomic E-state index is 12.4. The second kappa shape index (κ2) is 17.7. The number of quaternary nitrogens is 1. The molecule has 0 fully saturated rings. The number of nitrogens with two attached hydrogens (primary N) is 1. The molecule has 0 bridgehead atoms. The highest BCUT2D eigenvalue weighted by Gasteiger charge is 2.32. The van der Waals surface area contributed by atoms with Gasteiger partial charge in [-0.2, -0.15) is 26.3 Å². The molecule has 0 atom stereocenters. The summed E-state index contributed by atoms with van der Waals surface area (Å²) >= 11 is 13.8. The molecule has 0 aliphatic heterocycles. The van der Waals surface area contributed by atoms with Crippen molar-refractivity contribution in [2.24, 2.45) is 0 Å². The highest BCUT2D eigenvalue weighted by Crippen LogP contribution is 2.31. The summed E-state index contributed by atoms with van der Waals surface area (Å²) in [4.78, 5) is 40.3. The number of rotatable bonds is 6. The van der Waals surface area contributed by atoms with Crippen LogP contribution in [0.4, 0.5) is 26.3 Å². The predicted octanol–water partition coefficient (Wildman–Crippen LogP) is 3.41. The Morgan fingerprint density at radius 2 is 1.28 bits per heavy atom. The molecule has 46 heavy (non-hydrogen) atoms. The number of hydrogen-bond donors (Lipinski definition) is 2. The molecule has 0 saturated heterocycles. The van der Waals surface area contributed by atoms with Gasteiger partial charge in [-0.3, -0.25) is 14.8 Å². The first-order chi connectivity index (χ1) is 20.8. The van der Waals surface area contributed by atoms with Gasteiger partial charge in [0, 0.05) is 43.0 Å². The number of alkyl halides is 6. The monoisotopic (exact) mass is 752 g/mol.